The minimum Gasteiger partial charge on any atom is -0.461 e. The van der Waals surface area contributed by atoms with E-state index in [1.165, 1.54) is 11.2 Å². The molecule has 7 heteroatoms. The van der Waals surface area contributed by atoms with Gasteiger partial charge in [-0.3, -0.25) is 9.69 Å². The zero-order valence-corrected chi connectivity index (χ0v) is 9.38. The van der Waals surface area contributed by atoms with Crippen LogP contribution >= 0.6 is 0 Å². The summed E-state index contributed by atoms with van der Waals surface area (Å²) >= 11 is 0. The molecule has 0 saturated carbocycles. The highest BCUT2D eigenvalue weighted by molar-refractivity contribution is 5.95. The molecule has 1 saturated heterocycles. The lowest BCUT2D eigenvalue weighted by Gasteiger charge is -2.09. The van der Waals surface area contributed by atoms with Gasteiger partial charge in [0.15, 0.2) is 5.69 Å². The number of anilines is 1. The second-order valence-electron chi connectivity index (χ2n) is 3.70. The van der Waals surface area contributed by atoms with E-state index in [1.54, 1.807) is 6.92 Å². The summed E-state index contributed by atoms with van der Waals surface area (Å²) in [5.74, 6) is -0.729. The molecule has 1 fully saturated rings. The average Bonchev–Trinajstić information content (AvgIpc) is 2.85. The molecule has 7 nitrogen and oxygen atoms in total. The van der Waals surface area contributed by atoms with Crippen molar-refractivity contribution in [3.05, 3.63) is 12.0 Å². The Morgan fingerprint density at radius 1 is 1.76 bits per heavy atom. The fraction of sp³-hybridized carbons (Fsp3) is 0.500. The Bertz CT molecular complexity index is 443. The molecule has 0 spiro atoms. The van der Waals surface area contributed by atoms with Crippen molar-refractivity contribution in [3.8, 4) is 0 Å². The normalized spacial score (nSPS) is 19.8. The Kier molecular flexibility index (Phi) is 3.10. The van der Waals surface area contributed by atoms with Crippen molar-refractivity contribution in [1.29, 1.82) is 0 Å². The van der Waals surface area contributed by atoms with E-state index in [4.69, 9.17) is 14.9 Å². The summed E-state index contributed by atoms with van der Waals surface area (Å²) in [6.07, 6.45) is 1.43. The van der Waals surface area contributed by atoms with Crippen molar-refractivity contribution in [2.24, 2.45) is 5.73 Å². The summed E-state index contributed by atoms with van der Waals surface area (Å²) in [6.45, 7) is 2.30. The van der Waals surface area contributed by atoms with Gasteiger partial charge in [0.05, 0.1) is 6.61 Å². The highest BCUT2D eigenvalue weighted by Gasteiger charge is 2.31. The maximum Gasteiger partial charge on any atom is 0.360 e. The topological polar surface area (TPSA) is 98.7 Å². The molecule has 1 aromatic heterocycles. The van der Waals surface area contributed by atoms with Crippen LogP contribution in [0.15, 0.2) is 10.7 Å². The molecule has 1 unspecified atom stereocenters. The largest absolute Gasteiger partial charge is 0.461 e. The second-order valence-corrected chi connectivity index (χ2v) is 3.70. The minimum atomic E-state index is -0.571. The zero-order chi connectivity index (χ0) is 12.4. The van der Waals surface area contributed by atoms with E-state index in [-0.39, 0.29) is 36.7 Å². The van der Waals surface area contributed by atoms with Crippen LogP contribution in [0.5, 0.6) is 0 Å². The first-order valence-corrected chi connectivity index (χ1v) is 5.30. The number of carbonyl (C=O) groups excluding carboxylic acids is 2. The smallest absolute Gasteiger partial charge is 0.360 e. The molecule has 2 N–H and O–H groups in total. The lowest BCUT2D eigenvalue weighted by Crippen LogP contribution is -2.28. The van der Waals surface area contributed by atoms with E-state index in [2.05, 4.69) is 4.98 Å². The van der Waals surface area contributed by atoms with Crippen LogP contribution in [-0.2, 0) is 9.53 Å². The molecule has 92 valence electrons. The molecule has 1 aliphatic rings. The first-order chi connectivity index (χ1) is 8.11. The average molecular weight is 239 g/mol. The van der Waals surface area contributed by atoms with Gasteiger partial charge in [-0.15, -0.1) is 0 Å². The zero-order valence-electron chi connectivity index (χ0n) is 9.38. The van der Waals surface area contributed by atoms with Gasteiger partial charge < -0.3 is 14.9 Å². The summed E-state index contributed by atoms with van der Waals surface area (Å²) < 4.78 is 9.83. The van der Waals surface area contributed by atoms with E-state index in [0.29, 0.717) is 6.54 Å². The van der Waals surface area contributed by atoms with Gasteiger partial charge in [-0.05, 0) is 6.92 Å². The molecule has 1 aromatic rings. The number of hydrogen-bond acceptors (Lipinski definition) is 6. The van der Waals surface area contributed by atoms with Crippen LogP contribution in [0.1, 0.15) is 23.8 Å². The van der Waals surface area contributed by atoms with E-state index in [1.807, 2.05) is 0 Å². The van der Waals surface area contributed by atoms with Gasteiger partial charge in [0.1, 0.15) is 6.26 Å². The van der Waals surface area contributed by atoms with E-state index in [9.17, 15) is 9.59 Å². The molecule has 1 amide bonds. The van der Waals surface area contributed by atoms with Gasteiger partial charge >= 0.3 is 12.0 Å². The Morgan fingerprint density at radius 2 is 2.53 bits per heavy atom. The van der Waals surface area contributed by atoms with Gasteiger partial charge in [-0.2, -0.15) is 4.98 Å². The van der Waals surface area contributed by atoms with Gasteiger partial charge in [0, 0.05) is 19.0 Å². The number of oxazole rings is 1. The van der Waals surface area contributed by atoms with E-state index in [0.717, 1.165) is 0 Å². The van der Waals surface area contributed by atoms with Crippen molar-refractivity contribution in [2.75, 3.05) is 18.1 Å². The molecule has 1 aliphatic heterocycles. The summed E-state index contributed by atoms with van der Waals surface area (Å²) in [6, 6.07) is -0.133. The maximum atomic E-state index is 11.5. The Labute approximate surface area is 97.5 Å². The number of ether oxygens (including phenoxy) is 1. The number of carbonyl (C=O) groups is 2. The van der Waals surface area contributed by atoms with Crippen LogP contribution in [-0.4, -0.2) is 36.1 Å². The monoisotopic (exact) mass is 239 g/mol. The van der Waals surface area contributed by atoms with Crippen LogP contribution in [0, 0.1) is 0 Å². The van der Waals surface area contributed by atoms with Crippen LogP contribution < -0.4 is 10.6 Å². The molecule has 0 bridgehead atoms. The molecule has 2 heterocycles. The fourth-order valence-corrected chi connectivity index (χ4v) is 1.61. The summed E-state index contributed by atoms with van der Waals surface area (Å²) in [5, 5.41) is 0. The predicted molar refractivity (Wildman–Crippen MR) is 57.4 cm³/mol. The lowest BCUT2D eigenvalue weighted by atomic mass is 10.3. The standard InChI is InChI=1S/C10H13N3O4/c1-2-16-9(15)7-5-17-10(12-7)13-4-6(11)3-8(13)14/h5-6H,2-4,11H2,1H3. The van der Waals surface area contributed by atoms with Crippen molar-refractivity contribution < 1.29 is 18.7 Å². The van der Waals surface area contributed by atoms with Crippen molar-refractivity contribution in [3.63, 3.8) is 0 Å². The SMILES string of the molecule is CCOC(=O)c1coc(N2CC(N)CC2=O)n1. The number of amides is 1. The number of aromatic nitrogens is 1. The third kappa shape index (κ3) is 2.28. The Balaban J connectivity index is 2.13. The molecule has 0 aliphatic carbocycles. The third-order valence-corrected chi connectivity index (χ3v) is 2.36. The van der Waals surface area contributed by atoms with Crippen LogP contribution in [0.3, 0.4) is 0 Å². The highest BCUT2D eigenvalue weighted by Crippen LogP contribution is 2.20. The van der Waals surface area contributed by atoms with Crippen LogP contribution in [0.4, 0.5) is 6.01 Å². The van der Waals surface area contributed by atoms with Crippen molar-refractivity contribution >= 4 is 17.9 Å². The molecular formula is C10H13N3O4. The summed E-state index contributed by atoms with van der Waals surface area (Å²) in [4.78, 5) is 28.1. The summed E-state index contributed by atoms with van der Waals surface area (Å²) in [5.41, 5.74) is 5.69. The maximum absolute atomic E-state index is 11.5. The van der Waals surface area contributed by atoms with Gasteiger partial charge in [0.2, 0.25) is 5.91 Å². The van der Waals surface area contributed by atoms with Crippen molar-refractivity contribution in [1.82, 2.24) is 4.98 Å². The molecule has 2 rings (SSSR count). The van der Waals surface area contributed by atoms with Crippen LogP contribution in [0.25, 0.3) is 0 Å². The highest BCUT2D eigenvalue weighted by atomic mass is 16.5. The number of esters is 1. The fourth-order valence-electron chi connectivity index (χ4n) is 1.61. The van der Waals surface area contributed by atoms with Gasteiger partial charge in [0.25, 0.3) is 0 Å². The minimum absolute atomic E-state index is 0.0510. The lowest BCUT2D eigenvalue weighted by molar-refractivity contribution is -0.117. The Morgan fingerprint density at radius 3 is 3.12 bits per heavy atom. The van der Waals surface area contributed by atoms with Gasteiger partial charge in [-0.1, -0.05) is 0 Å². The molecular weight excluding hydrogens is 226 g/mol. The quantitative estimate of drug-likeness (QED) is 0.740. The molecule has 17 heavy (non-hydrogen) atoms. The summed E-state index contributed by atoms with van der Waals surface area (Å²) in [7, 11) is 0. The number of nitrogens with zero attached hydrogens (tertiary/aromatic N) is 2. The second kappa shape index (κ2) is 4.54. The molecule has 1 atom stereocenters. The van der Waals surface area contributed by atoms with E-state index < -0.39 is 5.97 Å². The first-order valence-electron chi connectivity index (χ1n) is 5.30. The van der Waals surface area contributed by atoms with Crippen LogP contribution in [0.2, 0.25) is 0 Å². The van der Waals surface area contributed by atoms with Crippen molar-refractivity contribution in [2.45, 2.75) is 19.4 Å². The number of nitrogens with two attached hydrogens (primary N) is 1. The molecule has 0 radical (unpaired) electrons. The Hall–Kier alpha value is -1.89. The number of rotatable bonds is 3. The molecule has 0 aromatic carbocycles. The third-order valence-electron chi connectivity index (χ3n) is 2.36. The first kappa shape index (κ1) is 11.6. The predicted octanol–water partition coefficient (Wildman–Crippen LogP) is -0.0847. The van der Waals surface area contributed by atoms with Gasteiger partial charge in [-0.25, -0.2) is 4.79 Å². The van der Waals surface area contributed by atoms with E-state index >= 15 is 0 Å². The number of hydrogen-bond donors (Lipinski definition) is 1.